The van der Waals surface area contributed by atoms with Crippen molar-refractivity contribution in [2.24, 2.45) is 5.73 Å². The predicted molar refractivity (Wildman–Crippen MR) is 70.0 cm³/mol. The van der Waals surface area contributed by atoms with Crippen molar-refractivity contribution in [1.82, 2.24) is 0 Å². The summed E-state index contributed by atoms with van der Waals surface area (Å²) in [6, 6.07) is 15.5. The zero-order valence-corrected chi connectivity index (χ0v) is 10.0. The van der Waals surface area contributed by atoms with Crippen LogP contribution in [0.2, 0.25) is 0 Å². The molecule has 3 rings (SSSR count). The highest BCUT2D eigenvalue weighted by molar-refractivity contribution is 5.44. The molecular formula is C15H15NO2. The summed E-state index contributed by atoms with van der Waals surface area (Å²) in [4.78, 5) is 0. The average Bonchev–Trinajstić information content (AvgIpc) is 2.41. The van der Waals surface area contributed by atoms with Crippen molar-refractivity contribution in [3.63, 3.8) is 0 Å². The highest BCUT2D eigenvalue weighted by Gasteiger charge is 2.18. The van der Waals surface area contributed by atoms with E-state index in [0.717, 1.165) is 29.2 Å². The Kier molecular flexibility index (Phi) is 2.90. The van der Waals surface area contributed by atoms with Crippen LogP contribution in [0.4, 0.5) is 0 Å². The Morgan fingerprint density at radius 1 is 1.06 bits per heavy atom. The van der Waals surface area contributed by atoms with Crippen molar-refractivity contribution in [3.05, 3.63) is 54.1 Å². The van der Waals surface area contributed by atoms with E-state index in [-0.39, 0.29) is 6.04 Å². The molecule has 1 aliphatic rings. The summed E-state index contributed by atoms with van der Waals surface area (Å²) in [5.41, 5.74) is 7.10. The Labute approximate surface area is 106 Å². The third-order valence-electron chi connectivity index (χ3n) is 3.05. The van der Waals surface area contributed by atoms with Gasteiger partial charge < -0.3 is 15.2 Å². The lowest BCUT2D eigenvalue weighted by atomic mass is 10.0. The summed E-state index contributed by atoms with van der Waals surface area (Å²) >= 11 is 0. The first-order chi connectivity index (χ1) is 8.83. The predicted octanol–water partition coefficient (Wildman–Crippen LogP) is 3.26. The van der Waals surface area contributed by atoms with Gasteiger partial charge in [0.05, 0.1) is 6.61 Å². The van der Waals surface area contributed by atoms with Gasteiger partial charge in [0.25, 0.3) is 0 Å². The van der Waals surface area contributed by atoms with Crippen molar-refractivity contribution in [1.29, 1.82) is 0 Å². The number of para-hydroxylation sites is 1. The van der Waals surface area contributed by atoms with Crippen LogP contribution >= 0.6 is 0 Å². The Balaban J connectivity index is 1.88. The van der Waals surface area contributed by atoms with E-state index in [1.807, 2.05) is 48.5 Å². The quantitative estimate of drug-likeness (QED) is 0.877. The highest BCUT2D eigenvalue weighted by Crippen LogP contribution is 2.34. The molecule has 0 aliphatic carbocycles. The fourth-order valence-corrected chi connectivity index (χ4v) is 2.09. The second-order valence-electron chi connectivity index (χ2n) is 4.36. The minimum Gasteiger partial charge on any atom is -0.493 e. The van der Waals surface area contributed by atoms with Gasteiger partial charge in [-0.1, -0.05) is 18.2 Å². The molecule has 0 bridgehead atoms. The fourth-order valence-electron chi connectivity index (χ4n) is 2.09. The minimum atomic E-state index is 0.0353. The number of ether oxygens (including phenoxy) is 2. The third kappa shape index (κ3) is 2.17. The van der Waals surface area contributed by atoms with Gasteiger partial charge in [-0.25, -0.2) is 0 Å². The minimum absolute atomic E-state index is 0.0353. The van der Waals surface area contributed by atoms with Crippen LogP contribution in [0.1, 0.15) is 18.0 Å². The van der Waals surface area contributed by atoms with E-state index in [9.17, 15) is 0 Å². The zero-order chi connectivity index (χ0) is 12.4. The molecule has 2 aromatic rings. The molecule has 1 unspecified atom stereocenters. The van der Waals surface area contributed by atoms with Crippen LogP contribution < -0.4 is 15.2 Å². The second kappa shape index (κ2) is 4.70. The summed E-state index contributed by atoms with van der Waals surface area (Å²) in [6.07, 6.45) is 0.849. The van der Waals surface area contributed by atoms with Crippen molar-refractivity contribution in [2.75, 3.05) is 6.61 Å². The summed E-state index contributed by atoms with van der Waals surface area (Å²) in [7, 11) is 0. The maximum absolute atomic E-state index is 6.07. The Morgan fingerprint density at radius 2 is 1.89 bits per heavy atom. The maximum Gasteiger partial charge on any atom is 0.128 e. The number of fused-ring (bicyclic) bond motifs is 1. The monoisotopic (exact) mass is 241 g/mol. The molecule has 0 saturated carbocycles. The average molecular weight is 241 g/mol. The lowest BCUT2D eigenvalue weighted by Crippen LogP contribution is -2.20. The van der Waals surface area contributed by atoms with E-state index >= 15 is 0 Å². The molecule has 3 nitrogen and oxygen atoms in total. The molecule has 0 aromatic heterocycles. The van der Waals surface area contributed by atoms with Crippen molar-refractivity contribution in [2.45, 2.75) is 12.5 Å². The number of rotatable bonds is 2. The Morgan fingerprint density at radius 3 is 2.72 bits per heavy atom. The van der Waals surface area contributed by atoms with Gasteiger partial charge in [0, 0.05) is 18.0 Å². The first-order valence-electron chi connectivity index (χ1n) is 6.08. The molecule has 18 heavy (non-hydrogen) atoms. The summed E-state index contributed by atoms with van der Waals surface area (Å²) in [6.45, 7) is 0.688. The summed E-state index contributed by atoms with van der Waals surface area (Å²) < 4.78 is 11.3. The molecule has 0 radical (unpaired) electrons. The molecule has 0 spiro atoms. The first-order valence-corrected chi connectivity index (χ1v) is 6.08. The van der Waals surface area contributed by atoms with E-state index in [1.165, 1.54) is 0 Å². The van der Waals surface area contributed by atoms with Crippen LogP contribution in [0.3, 0.4) is 0 Å². The fraction of sp³-hybridized carbons (Fsp3) is 0.200. The SMILES string of the molecule is NC1CCOc2ccc(Oc3ccccc3)cc21. The first kappa shape index (κ1) is 11.1. The molecular weight excluding hydrogens is 226 g/mol. The van der Waals surface area contributed by atoms with Crippen LogP contribution in [0.5, 0.6) is 17.2 Å². The largest absolute Gasteiger partial charge is 0.493 e. The zero-order valence-electron chi connectivity index (χ0n) is 10.0. The van der Waals surface area contributed by atoms with Gasteiger partial charge in [0.2, 0.25) is 0 Å². The van der Waals surface area contributed by atoms with Crippen LogP contribution in [0.25, 0.3) is 0 Å². The third-order valence-corrected chi connectivity index (χ3v) is 3.05. The molecule has 92 valence electrons. The lowest BCUT2D eigenvalue weighted by Gasteiger charge is -2.23. The van der Waals surface area contributed by atoms with Crippen molar-refractivity contribution >= 4 is 0 Å². The van der Waals surface area contributed by atoms with Crippen LogP contribution in [0.15, 0.2) is 48.5 Å². The molecule has 0 saturated heterocycles. The van der Waals surface area contributed by atoms with Gasteiger partial charge in [-0.05, 0) is 30.3 Å². The number of nitrogens with two attached hydrogens (primary N) is 1. The number of hydrogen-bond acceptors (Lipinski definition) is 3. The normalized spacial score (nSPS) is 17.7. The van der Waals surface area contributed by atoms with Gasteiger partial charge in [0.1, 0.15) is 17.2 Å². The standard InChI is InChI=1S/C15H15NO2/c16-14-8-9-17-15-7-6-12(10-13(14)15)18-11-4-2-1-3-5-11/h1-7,10,14H,8-9,16H2. The molecule has 0 fully saturated rings. The molecule has 1 atom stereocenters. The molecule has 0 amide bonds. The Hall–Kier alpha value is -2.00. The molecule has 2 N–H and O–H groups in total. The second-order valence-corrected chi connectivity index (χ2v) is 4.36. The molecule has 3 heteroatoms. The molecule has 2 aromatic carbocycles. The van der Waals surface area contributed by atoms with E-state index in [0.29, 0.717) is 6.61 Å². The van der Waals surface area contributed by atoms with Crippen LogP contribution in [-0.2, 0) is 0 Å². The maximum atomic E-state index is 6.07. The molecule has 1 aliphatic heterocycles. The smallest absolute Gasteiger partial charge is 0.128 e. The van der Waals surface area contributed by atoms with Gasteiger partial charge in [0.15, 0.2) is 0 Å². The summed E-state index contributed by atoms with van der Waals surface area (Å²) in [5, 5.41) is 0. The van der Waals surface area contributed by atoms with Gasteiger partial charge in [-0.3, -0.25) is 0 Å². The Bertz CT molecular complexity index is 539. The van der Waals surface area contributed by atoms with Gasteiger partial charge in [-0.15, -0.1) is 0 Å². The van der Waals surface area contributed by atoms with Crippen molar-refractivity contribution in [3.8, 4) is 17.2 Å². The van der Waals surface area contributed by atoms with Crippen LogP contribution in [-0.4, -0.2) is 6.61 Å². The topological polar surface area (TPSA) is 44.5 Å². The lowest BCUT2D eigenvalue weighted by molar-refractivity contribution is 0.268. The van der Waals surface area contributed by atoms with Gasteiger partial charge in [-0.2, -0.15) is 0 Å². The van der Waals surface area contributed by atoms with Gasteiger partial charge >= 0.3 is 0 Å². The summed E-state index contributed by atoms with van der Waals surface area (Å²) in [5.74, 6) is 2.48. The van der Waals surface area contributed by atoms with E-state index in [1.54, 1.807) is 0 Å². The van der Waals surface area contributed by atoms with E-state index < -0.39 is 0 Å². The molecule has 1 heterocycles. The number of benzene rings is 2. The van der Waals surface area contributed by atoms with Crippen molar-refractivity contribution < 1.29 is 9.47 Å². The highest BCUT2D eigenvalue weighted by atomic mass is 16.5. The number of hydrogen-bond donors (Lipinski definition) is 1. The van der Waals surface area contributed by atoms with Crippen LogP contribution in [0, 0.1) is 0 Å². The van der Waals surface area contributed by atoms with E-state index in [4.69, 9.17) is 15.2 Å². The van der Waals surface area contributed by atoms with E-state index in [2.05, 4.69) is 0 Å².